The minimum atomic E-state index is -1.28. The van der Waals surface area contributed by atoms with Crippen LogP contribution in [0.2, 0.25) is 19.6 Å². The van der Waals surface area contributed by atoms with Gasteiger partial charge in [-0.2, -0.15) is 0 Å². The Kier molecular flexibility index (Phi) is 2.91. The van der Waals surface area contributed by atoms with E-state index in [2.05, 4.69) is 36.0 Å². The maximum atomic E-state index is 4.80. The summed E-state index contributed by atoms with van der Waals surface area (Å²) in [5.74, 6) is 0. The summed E-state index contributed by atoms with van der Waals surface area (Å²) in [6.45, 7) is 6.37. The highest BCUT2D eigenvalue weighted by Gasteiger charge is 2.07. The first-order valence-corrected chi connectivity index (χ1v) is 6.20. The van der Waals surface area contributed by atoms with E-state index in [1.54, 1.807) is 0 Å². The lowest BCUT2D eigenvalue weighted by molar-refractivity contribution is 0.480. The molecule has 1 nitrogen and oxygen atoms in total. The van der Waals surface area contributed by atoms with Gasteiger partial charge < -0.3 is 4.74 Å². The van der Waals surface area contributed by atoms with Crippen LogP contribution >= 0.6 is 0 Å². The van der Waals surface area contributed by atoms with E-state index in [0.717, 1.165) is 0 Å². The number of terminal acetylenes is 1. The van der Waals surface area contributed by atoms with Gasteiger partial charge >= 0.3 is 0 Å². The van der Waals surface area contributed by atoms with Gasteiger partial charge in [-0.15, -0.1) is 0 Å². The average Bonchev–Trinajstić information content (AvgIpc) is 1.63. The monoisotopic (exact) mass is 138 g/mol. The number of hydrogen-bond acceptors (Lipinski definition) is 1. The molecule has 0 rings (SSSR count). The molecule has 0 fully saturated rings. The van der Waals surface area contributed by atoms with Crippen LogP contribution < -0.4 is 0 Å². The molecule has 48 valence electrons. The molecule has 9 heavy (non-hydrogen) atoms. The van der Waals surface area contributed by atoms with Crippen molar-refractivity contribution in [3.63, 3.8) is 0 Å². The van der Waals surface area contributed by atoms with E-state index in [1.165, 1.54) is 0 Å². The van der Waals surface area contributed by atoms with Crippen LogP contribution in [0.5, 0.6) is 0 Å². The Morgan fingerprint density at radius 3 is 2.22 bits per heavy atom. The van der Waals surface area contributed by atoms with E-state index in [9.17, 15) is 0 Å². The SMILES string of the molecule is C#COC#C[Si](C)(C)C. The third-order valence-corrected chi connectivity index (χ3v) is 1.39. The maximum Gasteiger partial charge on any atom is 0.133 e. The van der Waals surface area contributed by atoms with E-state index in [1.807, 2.05) is 6.11 Å². The second-order valence-electron chi connectivity index (χ2n) is 2.70. The summed E-state index contributed by atoms with van der Waals surface area (Å²) in [7, 11) is -1.28. The van der Waals surface area contributed by atoms with Crippen LogP contribution in [0.4, 0.5) is 0 Å². The minimum Gasteiger partial charge on any atom is -0.358 e. The first-order valence-electron chi connectivity index (χ1n) is 2.70. The predicted molar refractivity (Wildman–Crippen MR) is 41.0 cm³/mol. The van der Waals surface area contributed by atoms with E-state index in [-0.39, 0.29) is 0 Å². The quantitative estimate of drug-likeness (QED) is 0.363. The zero-order valence-corrected chi connectivity index (χ0v) is 6.99. The van der Waals surface area contributed by atoms with Crippen molar-refractivity contribution in [2.45, 2.75) is 19.6 Å². The van der Waals surface area contributed by atoms with E-state index >= 15 is 0 Å². The molecule has 2 heteroatoms. The van der Waals surface area contributed by atoms with Crippen molar-refractivity contribution in [1.82, 2.24) is 0 Å². The van der Waals surface area contributed by atoms with Crippen LogP contribution in [0, 0.1) is 24.2 Å². The fourth-order valence-electron chi connectivity index (χ4n) is 0.208. The van der Waals surface area contributed by atoms with Crippen molar-refractivity contribution < 1.29 is 4.74 Å². The van der Waals surface area contributed by atoms with Gasteiger partial charge in [0.05, 0.1) is 0 Å². The molecule has 0 saturated heterocycles. The molecule has 0 aliphatic heterocycles. The predicted octanol–water partition coefficient (Wildman–Crippen LogP) is 1.43. The fourth-order valence-corrected chi connectivity index (χ4v) is 0.565. The summed E-state index contributed by atoms with van der Waals surface area (Å²) in [5, 5.41) is 0. The number of rotatable bonds is 0. The molecule has 0 aliphatic rings. The van der Waals surface area contributed by atoms with Crippen LogP contribution in [0.15, 0.2) is 0 Å². The Hall–Kier alpha value is -0.863. The molecule has 0 radical (unpaired) electrons. The molecule has 0 aromatic carbocycles. The summed E-state index contributed by atoms with van der Waals surface area (Å²) in [4.78, 5) is 0. The highest BCUT2D eigenvalue weighted by Crippen LogP contribution is 1.95. The second-order valence-corrected chi connectivity index (χ2v) is 7.45. The van der Waals surface area contributed by atoms with Crippen molar-refractivity contribution in [1.29, 1.82) is 0 Å². The molecule has 0 aromatic heterocycles. The highest BCUT2D eigenvalue weighted by molar-refractivity contribution is 6.83. The topological polar surface area (TPSA) is 9.23 Å². The molecule has 0 saturated carbocycles. The zero-order valence-electron chi connectivity index (χ0n) is 5.99. The zero-order chi connectivity index (χ0) is 7.33. The molecule has 0 bridgehead atoms. The van der Waals surface area contributed by atoms with Gasteiger partial charge in [0.15, 0.2) is 0 Å². The van der Waals surface area contributed by atoms with E-state index in [4.69, 9.17) is 6.42 Å². The third kappa shape index (κ3) is 7.14. The highest BCUT2D eigenvalue weighted by atomic mass is 28.3. The standard InChI is InChI=1S/C7H10OSi/c1-5-8-6-7-9(2,3)4/h1H,2-4H3. The van der Waals surface area contributed by atoms with Crippen LogP contribution in [0.1, 0.15) is 0 Å². The maximum absolute atomic E-state index is 4.80. The molecule has 0 amide bonds. The summed E-state index contributed by atoms with van der Waals surface area (Å²) < 4.78 is 4.41. The van der Waals surface area contributed by atoms with Gasteiger partial charge in [-0.25, -0.2) is 0 Å². The van der Waals surface area contributed by atoms with Crippen molar-refractivity contribution in [3.05, 3.63) is 0 Å². The smallest absolute Gasteiger partial charge is 0.133 e. The van der Waals surface area contributed by atoms with E-state index in [0.29, 0.717) is 0 Å². The van der Waals surface area contributed by atoms with Crippen LogP contribution in [-0.2, 0) is 4.74 Å². The second kappa shape index (κ2) is 3.22. The van der Waals surface area contributed by atoms with Crippen LogP contribution in [0.3, 0.4) is 0 Å². The molecule has 0 N–H and O–H groups in total. The van der Waals surface area contributed by atoms with Gasteiger partial charge in [0.2, 0.25) is 0 Å². The van der Waals surface area contributed by atoms with Crippen LogP contribution in [-0.4, -0.2) is 8.07 Å². The lowest BCUT2D eigenvalue weighted by Crippen LogP contribution is -2.16. The molecular formula is C7H10OSi. The van der Waals surface area contributed by atoms with Crippen molar-refractivity contribution in [3.8, 4) is 24.2 Å². The van der Waals surface area contributed by atoms with Crippen molar-refractivity contribution >= 4 is 8.07 Å². The van der Waals surface area contributed by atoms with Gasteiger partial charge in [-0.3, -0.25) is 0 Å². The third-order valence-electron chi connectivity index (χ3n) is 0.536. The normalized spacial score (nSPS) is 8.67. The molecule has 0 spiro atoms. The molecule has 0 atom stereocenters. The molecule has 0 aromatic rings. The van der Waals surface area contributed by atoms with E-state index < -0.39 is 8.07 Å². The average molecular weight is 138 g/mol. The Morgan fingerprint density at radius 2 is 1.89 bits per heavy atom. The number of hydrogen-bond donors (Lipinski definition) is 0. The Labute approximate surface area is 57.4 Å². The summed E-state index contributed by atoms with van der Waals surface area (Å²) >= 11 is 0. The molecular weight excluding hydrogens is 128 g/mol. The largest absolute Gasteiger partial charge is 0.358 e. The molecule has 0 heterocycles. The first kappa shape index (κ1) is 8.14. The summed E-state index contributed by atoms with van der Waals surface area (Å²) in [6, 6.07) is 0. The summed E-state index contributed by atoms with van der Waals surface area (Å²) in [5.41, 5.74) is 2.95. The van der Waals surface area contributed by atoms with Gasteiger partial charge in [-0.05, 0) is 0 Å². The lowest BCUT2D eigenvalue weighted by Gasteiger charge is -2.01. The van der Waals surface area contributed by atoms with Gasteiger partial charge in [0.1, 0.15) is 20.3 Å². The lowest BCUT2D eigenvalue weighted by atomic mass is 11.2. The van der Waals surface area contributed by atoms with Gasteiger partial charge in [-0.1, -0.05) is 31.6 Å². The Morgan fingerprint density at radius 1 is 1.33 bits per heavy atom. The fraction of sp³-hybridized carbons (Fsp3) is 0.429. The summed E-state index contributed by atoms with van der Waals surface area (Å²) in [6.07, 6.45) is 9.24. The van der Waals surface area contributed by atoms with Gasteiger partial charge in [0.25, 0.3) is 0 Å². The van der Waals surface area contributed by atoms with Gasteiger partial charge in [0, 0.05) is 0 Å². The minimum absolute atomic E-state index is 1.28. The van der Waals surface area contributed by atoms with Crippen LogP contribution in [0.25, 0.3) is 0 Å². The van der Waals surface area contributed by atoms with Crippen molar-refractivity contribution in [2.75, 3.05) is 0 Å². The molecule has 0 aliphatic carbocycles. The Bertz CT molecular complexity index is 172. The van der Waals surface area contributed by atoms with Crippen molar-refractivity contribution in [2.24, 2.45) is 0 Å². The molecule has 0 unspecified atom stereocenters. The number of ether oxygens (including phenoxy) is 1. The first-order chi connectivity index (χ1) is 4.06. The Balaban J connectivity index is 3.77.